The zero-order valence-electron chi connectivity index (χ0n) is 23.8. The second-order valence-electron chi connectivity index (χ2n) is 10.9. The molecular weight excluding hydrogens is 535 g/mol. The summed E-state index contributed by atoms with van der Waals surface area (Å²) in [5.41, 5.74) is 1.54. The van der Waals surface area contributed by atoms with Crippen molar-refractivity contribution in [1.29, 1.82) is 0 Å². The summed E-state index contributed by atoms with van der Waals surface area (Å²) in [6.07, 6.45) is 4.70. The van der Waals surface area contributed by atoms with Crippen LogP contribution in [0.25, 0.3) is 0 Å². The number of nitrogens with one attached hydrogen (secondary N) is 2. The number of piperidine rings is 1. The minimum atomic E-state index is -0.863. The number of ether oxygens (including phenoxy) is 2. The molecule has 0 saturated carbocycles. The maximum Gasteiger partial charge on any atom is 0.249 e. The molecule has 8 nitrogen and oxygen atoms in total. The second-order valence-corrected chi connectivity index (χ2v) is 10.9. The molecule has 0 bridgehead atoms. The highest BCUT2D eigenvalue weighted by molar-refractivity contribution is 5.97. The molecule has 2 saturated heterocycles. The van der Waals surface area contributed by atoms with E-state index in [1.165, 1.54) is 38.1 Å². The molecule has 0 aliphatic carbocycles. The van der Waals surface area contributed by atoms with Crippen molar-refractivity contribution in [2.45, 2.75) is 44.4 Å². The van der Waals surface area contributed by atoms with E-state index in [1.807, 2.05) is 30.3 Å². The van der Waals surface area contributed by atoms with E-state index in [0.717, 1.165) is 31.5 Å². The second kappa shape index (κ2) is 14.9. The predicted octanol–water partition coefficient (Wildman–Crippen LogP) is 4.82. The van der Waals surface area contributed by atoms with Gasteiger partial charge in [0.15, 0.2) is 0 Å². The number of carbonyl (C=O) groups excluding carboxylic acids is 2. The van der Waals surface area contributed by atoms with Gasteiger partial charge >= 0.3 is 0 Å². The Kier molecular flexibility index (Phi) is 10.5. The number of amides is 2. The van der Waals surface area contributed by atoms with E-state index in [1.54, 1.807) is 36.4 Å². The average molecular weight is 575 g/mol. The quantitative estimate of drug-likeness (QED) is 0.323. The number of likely N-dealkylation sites (tertiary alicyclic amines) is 2. The Bertz CT molecular complexity index is 1280. The van der Waals surface area contributed by atoms with Gasteiger partial charge in [-0.15, -0.1) is 0 Å². The van der Waals surface area contributed by atoms with Crippen molar-refractivity contribution >= 4 is 17.5 Å². The molecule has 2 aliphatic rings. The molecule has 3 aromatic rings. The van der Waals surface area contributed by atoms with Crippen LogP contribution in [-0.2, 0) is 20.9 Å². The predicted molar refractivity (Wildman–Crippen MR) is 160 cm³/mol. The number of hydrogen-bond acceptors (Lipinski definition) is 6. The standard InChI is InChI=1S/C33H39FN4O4/c34-26-8-12-29(13-9-26)42-30-14-10-27(11-15-30)35-33(40)31(24-41-23-25-6-2-1-3-7-25)36-32(39)22-37-20-16-28(17-21-37)38-18-4-5-19-38/h1-3,6-15,28,31H,4-5,16-24H2,(H,35,40)(H,36,39). The van der Waals surface area contributed by atoms with Crippen molar-refractivity contribution in [3.8, 4) is 11.5 Å². The molecule has 42 heavy (non-hydrogen) atoms. The average Bonchev–Trinajstić information content (AvgIpc) is 3.55. The Labute approximate surface area is 246 Å². The number of halogens is 1. The number of nitrogens with zero attached hydrogens (tertiary/aromatic N) is 2. The molecule has 0 spiro atoms. The van der Waals surface area contributed by atoms with Gasteiger partial charge in [0.2, 0.25) is 11.8 Å². The summed E-state index contributed by atoms with van der Waals surface area (Å²) in [6.45, 7) is 4.76. The van der Waals surface area contributed by atoms with Crippen LogP contribution in [0.15, 0.2) is 78.9 Å². The van der Waals surface area contributed by atoms with Gasteiger partial charge in [0.25, 0.3) is 0 Å². The Hall–Kier alpha value is -3.79. The van der Waals surface area contributed by atoms with Gasteiger partial charge in [-0.1, -0.05) is 30.3 Å². The molecule has 1 atom stereocenters. The van der Waals surface area contributed by atoms with Crippen LogP contribution in [-0.4, -0.2) is 73.0 Å². The molecule has 1 unspecified atom stereocenters. The Morgan fingerprint density at radius 3 is 2.17 bits per heavy atom. The summed E-state index contributed by atoms with van der Waals surface area (Å²) in [6, 6.07) is 22.1. The van der Waals surface area contributed by atoms with Crippen LogP contribution in [0.5, 0.6) is 11.5 Å². The highest BCUT2D eigenvalue weighted by Gasteiger charge is 2.28. The molecule has 2 fully saturated rings. The molecule has 3 aromatic carbocycles. The first kappa shape index (κ1) is 29.7. The first-order valence-corrected chi connectivity index (χ1v) is 14.7. The Morgan fingerprint density at radius 1 is 0.857 bits per heavy atom. The first-order chi connectivity index (χ1) is 20.5. The van der Waals surface area contributed by atoms with Gasteiger partial charge < -0.3 is 25.0 Å². The molecular formula is C33H39FN4O4. The lowest BCUT2D eigenvalue weighted by Crippen LogP contribution is -2.51. The molecule has 0 aromatic heterocycles. The largest absolute Gasteiger partial charge is 0.457 e. The summed E-state index contributed by atoms with van der Waals surface area (Å²) in [5, 5.41) is 5.78. The molecule has 5 rings (SSSR count). The third-order valence-corrected chi connectivity index (χ3v) is 7.80. The van der Waals surface area contributed by atoms with Gasteiger partial charge in [0.05, 0.1) is 19.8 Å². The van der Waals surface area contributed by atoms with E-state index < -0.39 is 6.04 Å². The van der Waals surface area contributed by atoms with Crippen LogP contribution >= 0.6 is 0 Å². The number of hydrogen-bond donors (Lipinski definition) is 2. The fourth-order valence-electron chi connectivity index (χ4n) is 5.52. The van der Waals surface area contributed by atoms with Crippen molar-refractivity contribution in [2.75, 3.05) is 44.6 Å². The molecule has 2 amide bonds. The van der Waals surface area contributed by atoms with Gasteiger partial charge in [-0.25, -0.2) is 4.39 Å². The summed E-state index contributed by atoms with van der Waals surface area (Å²) < 4.78 is 24.7. The summed E-state index contributed by atoms with van der Waals surface area (Å²) in [5.74, 6) is 0.158. The maximum atomic E-state index is 13.3. The third-order valence-electron chi connectivity index (χ3n) is 7.80. The topological polar surface area (TPSA) is 83.1 Å². The smallest absolute Gasteiger partial charge is 0.249 e. The van der Waals surface area contributed by atoms with E-state index >= 15 is 0 Å². The Morgan fingerprint density at radius 2 is 1.50 bits per heavy atom. The number of benzene rings is 3. The van der Waals surface area contributed by atoms with Gasteiger partial charge in [0, 0.05) is 24.8 Å². The zero-order chi connectivity index (χ0) is 29.1. The maximum absolute atomic E-state index is 13.3. The molecule has 9 heteroatoms. The van der Waals surface area contributed by atoms with Gasteiger partial charge in [-0.2, -0.15) is 0 Å². The molecule has 222 valence electrons. The zero-order valence-corrected chi connectivity index (χ0v) is 23.8. The van der Waals surface area contributed by atoms with Gasteiger partial charge in [-0.3, -0.25) is 14.5 Å². The van der Waals surface area contributed by atoms with E-state index in [2.05, 4.69) is 20.4 Å². The van der Waals surface area contributed by atoms with Crippen molar-refractivity contribution in [3.05, 3.63) is 90.2 Å². The molecule has 0 radical (unpaired) electrons. The van der Waals surface area contributed by atoms with Crippen molar-refractivity contribution in [2.24, 2.45) is 0 Å². The lowest BCUT2D eigenvalue weighted by Gasteiger charge is -2.36. The first-order valence-electron chi connectivity index (χ1n) is 14.7. The fourth-order valence-corrected chi connectivity index (χ4v) is 5.52. The molecule has 2 heterocycles. The fraction of sp³-hybridized carbons (Fsp3) is 0.394. The van der Waals surface area contributed by atoms with Crippen molar-refractivity contribution < 1.29 is 23.5 Å². The summed E-state index contributed by atoms with van der Waals surface area (Å²) in [7, 11) is 0. The number of rotatable bonds is 12. The SMILES string of the molecule is O=C(CN1CCC(N2CCCC2)CC1)NC(COCc1ccccc1)C(=O)Nc1ccc(Oc2ccc(F)cc2)cc1. The highest BCUT2D eigenvalue weighted by atomic mass is 19.1. The minimum absolute atomic E-state index is 0.0370. The van der Waals surface area contributed by atoms with Crippen LogP contribution in [0.3, 0.4) is 0 Å². The summed E-state index contributed by atoms with van der Waals surface area (Å²) in [4.78, 5) is 31.1. The number of anilines is 1. The van der Waals surface area contributed by atoms with Crippen LogP contribution in [0.4, 0.5) is 10.1 Å². The van der Waals surface area contributed by atoms with E-state index in [-0.39, 0.29) is 30.8 Å². The van der Waals surface area contributed by atoms with Gasteiger partial charge in [-0.05, 0) is 92.9 Å². The van der Waals surface area contributed by atoms with Crippen molar-refractivity contribution in [1.82, 2.24) is 15.1 Å². The van der Waals surface area contributed by atoms with E-state index in [9.17, 15) is 14.0 Å². The van der Waals surface area contributed by atoms with Gasteiger partial charge in [0.1, 0.15) is 23.4 Å². The van der Waals surface area contributed by atoms with Crippen LogP contribution in [0, 0.1) is 5.82 Å². The van der Waals surface area contributed by atoms with E-state index in [4.69, 9.17) is 9.47 Å². The van der Waals surface area contributed by atoms with Crippen LogP contribution in [0.1, 0.15) is 31.2 Å². The summed E-state index contributed by atoms with van der Waals surface area (Å²) >= 11 is 0. The normalized spacial score (nSPS) is 17.1. The highest BCUT2D eigenvalue weighted by Crippen LogP contribution is 2.24. The lowest BCUT2D eigenvalue weighted by molar-refractivity contribution is -0.129. The molecule has 2 aliphatic heterocycles. The molecule has 2 N–H and O–H groups in total. The lowest BCUT2D eigenvalue weighted by atomic mass is 10.0. The van der Waals surface area contributed by atoms with Crippen LogP contribution in [0.2, 0.25) is 0 Å². The van der Waals surface area contributed by atoms with Crippen molar-refractivity contribution in [3.63, 3.8) is 0 Å². The number of carbonyl (C=O) groups is 2. The minimum Gasteiger partial charge on any atom is -0.457 e. The van der Waals surface area contributed by atoms with Crippen LogP contribution < -0.4 is 15.4 Å². The Balaban J connectivity index is 1.15. The van der Waals surface area contributed by atoms with E-state index in [0.29, 0.717) is 29.8 Å². The monoisotopic (exact) mass is 574 g/mol. The third kappa shape index (κ3) is 8.85.